The van der Waals surface area contributed by atoms with Crippen molar-refractivity contribution >= 4 is 0 Å². The Balaban J connectivity index is 2.57. The van der Waals surface area contributed by atoms with Crippen LogP contribution in [0.5, 0.6) is 0 Å². The fraction of sp³-hybridized carbons (Fsp3) is 0.600. The van der Waals surface area contributed by atoms with Gasteiger partial charge < -0.3 is 9.84 Å². The van der Waals surface area contributed by atoms with E-state index in [1.54, 1.807) is 0 Å². The summed E-state index contributed by atoms with van der Waals surface area (Å²) in [5, 5.41) is 10.1. The van der Waals surface area contributed by atoms with Crippen LogP contribution in [0.1, 0.15) is 25.5 Å². The minimum atomic E-state index is -0.584. The number of rotatable bonds is 8. The van der Waals surface area contributed by atoms with Crippen LogP contribution in [-0.4, -0.2) is 55.0 Å². The molecule has 0 spiro atoms. The lowest BCUT2D eigenvalue weighted by Crippen LogP contribution is -2.47. The highest BCUT2D eigenvalue weighted by atomic mass is 16.5. The van der Waals surface area contributed by atoms with E-state index in [0.717, 1.165) is 18.7 Å². The van der Waals surface area contributed by atoms with Gasteiger partial charge in [0.1, 0.15) is 6.10 Å². The molecule has 4 nitrogen and oxygen atoms in total. The second kappa shape index (κ2) is 8.27. The Morgan fingerprint density at radius 3 is 2.16 bits per heavy atom. The van der Waals surface area contributed by atoms with E-state index in [0.29, 0.717) is 6.61 Å². The van der Waals surface area contributed by atoms with Gasteiger partial charge in [-0.15, -0.1) is 0 Å². The van der Waals surface area contributed by atoms with Gasteiger partial charge in [-0.2, -0.15) is 0 Å². The Morgan fingerprint density at radius 1 is 1.11 bits per heavy atom. The van der Waals surface area contributed by atoms with Crippen molar-refractivity contribution in [2.45, 2.75) is 26.3 Å². The minimum Gasteiger partial charge on any atom is -0.386 e. The minimum absolute atomic E-state index is 0.103. The van der Waals surface area contributed by atoms with E-state index in [1.807, 2.05) is 49.3 Å². The first kappa shape index (κ1) is 16.1. The van der Waals surface area contributed by atoms with Gasteiger partial charge in [0.2, 0.25) is 0 Å². The van der Waals surface area contributed by atoms with Crippen molar-refractivity contribution in [3.63, 3.8) is 0 Å². The van der Waals surface area contributed by atoms with Crippen LogP contribution in [0.2, 0.25) is 0 Å². The molecule has 0 aliphatic heterocycles. The molecule has 0 aliphatic carbocycles. The number of hydrogen-bond donors (Lipinski definition) is 1. The first-order valence-electron chi connectivity index (χ1n) is 6.85. The first-order chi connectivity index (χ1) is 9.10. The Morgan fingerprint density at radius 2 is 1.68 bits per heavy atom. The van der Waals surface area contributed by atoms with Gasteiger partial charge in [0, 0.05) is 0 Å². The van der Waals surface area contributed by atoms with E-state index in [4.69, 9.17) is 4.74 Å². The molecule has 1 aromatic rings. The van der Waals surface area contributed by atoms with Gasteiger partial charge in [-0.25, -0.2) is 0 Å². The van der Waals surface area contributed by atoms with Gasteiger partial charge in [0.05, 0.1) is 6.61 Å². The summed E-state index contributed by atoms with van der Waals surface area (Å²) in [5.74, 6) is 0. The third-order valence-corrected chi connectivity index (χ3v) is 3.15. The van der Waals surface area contributed by atoms with Crippen LogP contribution in [0.25, 0.3) is 0 Å². The predicted octanol–water partition coefficient (Wildman–Crippen LogP) is 1.92. The van der Waals surface area contributed by atoms with E-state index in [-0.39, 0.29) is 6.35 Å². The first-order valence-corrected chi connectivity index (χ1v) is 6.85. The molecule has 1 rings (SSSR count). The monoisotopic (exact) mass is 266 g/mol. The largest absolute Gasteiger partial charge is 0.386 e. The van der Waals surface area contributed by atoms with E-state index in [1.165, 1.54) is 0 Å². The Bertz CT molecular complexity index is 339. The standard InChI is InChI=1S/C15H26N2O2/c1-5-17(6-2)15(16(3)4)19-12-14(18)13-10-8-7-9-11-13/h7-11,14-15,18H,5-6,12H2,1-4H3. The zero-order valence-electron chi connectivity index (χ0n) is 12.4. The smallest absolute Gasteiger partial charge is 0.168 e. The van der Waals surface area contributed by atoms with Gasteiger partial charge in [0.25, 0.3) is 0 Å². The highest BCUT2D eigenvalue weighted by molar-refractivity contribution is 5.17. The number of aliphatic hydroxyl groups is 1. The molecule has 0 saturated carbocycles. The van der Waals surface area contributed by atoms with Crippen molar-refractivity contribution in [3.05, 3.63) is 35.9 Å². The maximum absolute atomic E-state index is 10.1. The number of nitrogens with zero attached hydrogens (tertiary/aromatic N) is 2. The number of ether oxygens (including phenoxy) is 1. The summed E-state index contributed by atoms with van der Waals surface area (Å²) < 4.78 is 5.87. The van der Waals surface area contributed by atoms with Crippen LogP contribution < -0.4 is 0 Å². The molecule has 1 aromatic carbocycles. The molecular weight excluding hydrogens is 240 g/mol. The molecule has 19 heavy (non-hydrogen) atoms. The SMILES string of the molecule is CCN(CC)C(OCC(O)c1ccccc1)N(C)C. The molecule has 0 saturated heterocycles. The zero-order chi connectivity index (χ0) is 14.3. The van der Waals surface area contributed by atoms with Crippen LogP contribution >= 0.6 is 0 Å². The molecule has 0 bridgehead atoms. The zero-order valence-corrected chi connectivity index (χ0v) is 12.4. The fourth-order valence-electron chi connectivity index (χ4n) is 2.07. The van der Waals surface area contributed by atoms with E-state index in [2.05, 4.69) is 18.7 Å². The Kier molecular flexibility index (Phi) is 7.02. The summed E-state index contributed by atoms with van der Waals surface area (Å²) in [4.78, 5) is 4.22. The third kappa shape index (κ3) is 4.91. The second-order valence-electron chi connectivity index (χ2n) is 4.77. The van der Waals surface area contributed by atoms with E-state index in [9.17, 15) is 5.11 Å². The van der Waals surface area contributed by atoms with Crippen LogP contribution in [0.3, 0.4) is 0 Å². The maximum atomic E-state index is 10.1. The average Bonchev–Trinajstić information content (AvgIpc) is 2.43. The van der Waals surface area contributed by atoms with Gasteiger partial charge in [-0.1, -0.05) is 44.2 Å². The lowest BCUT2D eigenvalue weighted by molar-refractivity contribution is -0.151. The molecular formula is C15H26N2O2. The molecule has 4 heteroatoms. The lowest BCUT2D eigenvalue weighted by Gasteiger charge is -2.34. The molecule has 0 heterocycles. The van der Waals surface area contributed by atoms with Gasteiger partial charge in [-0.05, 0) is 32.7 Å². The highest BCUT2D eigenvalue weighted by Crippen LogP contribution is 2.14. The maximum Gasteiger partial charge on any atom is 0.168 e. The molecule has 108 valence electrons. The normalized spacial score (nSPS) is 14.9. The Labute approximate surface area is 116 Å². The summed E-state index contributed by atoms with van der Waals surface area (Å²) in [7, 11) is 3.97. The lowest BCUT2D eigenvalue weighted by atomic mass is 10.1. The van der Waals surface area contributed by atoms with Crippen LogP contribution in [0, 0.1) is 0 Å². The topological polar surface area (TPSA) is 35.9 Å². The number of aliphatic hydroxyl groups excluding tert-OH is 1. The van der Waals surface area contributed by atoms with Crippen LogP contribution in [-0.2, 0) is 4.74 Å². The van der Waals surface area contributed by atoms with E-state index >= 15 is 0 Å². The fourth-order valence-corrected chi connectivity index (χ4v) is 2.07. The second-order valence-corrected chi connectivity index (χ2v) is 4.77. The van der Waals surface area contributed by atoms with Crippen molar-refractivity contribution in [2.75, 3.05) is 33.8 Å². The molecule has 2 unspecified atom stereocenters. The number of benzene rings is 1. The summed E-state index contributed by atoms with van der Waals surface area (Å²) in [6.45, 7) is 6.35. The average molecular weight is 266 g/mol. The van der Waals surface area contributed by atoms with E-state index < -0.39 is 6.10 Å². The summed E-state index contributed by atoms with van der Waals surface area (Å²) in [5.41, 5.74) is 0.888. The van der Waals surface area contributed by atoms with Crippen molar-refractivity contribution in [1.82, 2.24) is 9.80 Å². The van der Waals surface area contributed by atoms with Crippen molar-refractivity contribution < 1.29 is 9.84 Å². The predicted molar refractivity (Wildman–Crippen MR) is 77.7 cm³/mol. The highest BCUT2D eigenvalue weighted by Gasteiger charge is 2.20. The van der Waals surface area contributed by atoms with Gasteiger partial charge in [0.15, 0.2) is 6.35 Å². The molecule has 1 N–H and O–H groups in total. The molecule has 0 fully saturated rings. The molecule has 0 radical (unpaired) electrons. The molecule has 2 atom stereocenters. The summed E-state index contributed by atoms with van der Waals surface area (Å²) in [6, 6.07) is 9.61. The summed E-state index contributed by atoms with van der Waals surface area (Å²) >= 11 is 0. The van der Waals surface area contributed by atoms with Crippen molar-refractivity contribution in [2.24, 2.45) is 0 Å². The van der Waals surface area contributed by atoms with Crippen LogP contribution in [0.4, 0.5) is 0 Å². The summed E-state index contributed by atoms with van der Waals surface area (Å²) in [6.07, 6.45) is -0.687. The van der Waals surface area contributed by atoms with Crippen molar-refractivity contribution in [3.8, 4) is 0 Å². The van der Waals surface area contributed by atoms with Gasteiger partial charge in [-0.3, -0.25) is 9.80 Å². The third-order valence-electron chi connectivity index (χ3n) is 3.15. The Hall–Kier alpha value is -0.940. The molecule has 0 aliphatic rings. The van der Waals surface area contributed by atoms with Crippen molar-refractivity contribution in [1.29, 1.82) is 0 Å². The molecule has 0 aromatic heterocycles. The van der Waals surface area contributed by atoms with Gasteiger partial charge >= 0.3 is 0 Å². The number of hydrogen-bond acceptors (Lipinski definition) is 4. The quantitative estimate of drug-likeness (QED) is 0.729. The van der Waals surface area contributed by atoms with Crippen LogP contribution in [0.15, 0.2) is 30.3 Å². The molecule has 0 amide bonds.